The van der Waals surface area contributed by atoms with Crippen LogP contribution in [0.3, 0.4) is 0 Å². The van der Waals surface area contributed by atoms with Crippen LogP contribution in [0.4, 0.5) is 0 Å². The first-order valence-electron chi connectivity index (χ1n) is 7.48. The van der Waals surface area contributed by atoms with E-state index in [2.05, 4.69) is 45.8 Å². The van der Waals surface area contributed by atoms with Crippen LogP contribution in [0.2, 0.25) is 0 Å². The smallest absolute Gasteiger partial charge is 0.0997 e. The molecule has 0 fully saturated rings. The molecule has 0 atom stereocenters. The number of nitrogens with one attached hydrogen (secondary N) is 1. The number of pyridine rings is 1. The highest BCUT2D eigenvalue weighted by Gasteiger charge is 2.16. The van der Waals surface area contributed by atoms with E-state index in [9.17, 15) is 0 Å². The van der Waals surface area contributed by atoms with Crippen LogP contribution in [-0.2, 0) is 19.4 Å². The summed E-state index contributed by atoms with van der Waals surface area (Å²) in [5, 5.41) is 3.41. The van der Waals surface area contributed by atoms with E-state index in [1.165, 1.54) is 29.9 Å². The van der Waals surface area contributed by atoms with E-state index in [0.29, 0.717) is 6.04 Å². The maximum Gasteiger partial charge on any atom is 0.0997 e. The second kappa shape index (κ2) is 5.75. The third kappa shape index (κ3) is 2.75. The number of hydrogen-bond acceptors (Lipinski definition) is 3. The van der Waals surface area contributed by atoms with Crippen LogP contribution >= 0.6 is 0 Å². The van der Waals surface area contributed by atoms with Crippen LogP contribution in [0.15, 0.2) is 24.7 Å². The zero-order chi connectivity index (χ0) is 13.9. The highest BCUT2D eigenvalue weighted by molar-refractivity contribution is 5.36. The summed E-state index contributed by atoms with van der Waals surface area (Å²) < 4.78 is 2.23. The quantitative estimate of drug-likeness (QED) is 0.928. The monoisotopic (exact) mass is 270 g/mol. The molecule has 0 aliphatic heterocycles. The lowest BCUT2D eigenvalue weighted by molar-refractivity contribution is 0.581. The summed E-state index contributed by atoms with van der Waals surface area (Å²) >= 11 is 0. The van der Waals surface area contributed by atoms with Crippen LogP contribution in [0, 0.1) is 0 Å². The van der Waals surface area contributed by atoms with Crippen molar-refractivity contribution in [1.82, 2.24) is 19.9 Å². The van der Waals surface area contributed by atoms with Crippen molar-refractivity contribution in [1.29, 1.82) is 0 Å². The Hall–Kier alpha value is -1.68. The van der Waals surface area contributed by atoms with E-state index in [1.54, 1.807) is 0 Å². The molecule has 20 heavy (non-hydrogen) atoms. The fourth-order valence-electron chi connectivity index (χ4n) is 2.71. The number of aryl methyl sites for hydroxylation is 1. The molecule has 0 aromatic carbocycles. The van der Waals surface area contributed by atoms with Crippen molar-refractivity contribution in [3.8, 4) is 5.69 Å². The van der Waals surface area contributed by atoms with Gasteiger partial charge in [0, 0.05) is 24.5 Å². The van der Waals surface area contributed by atoms with Crippen LogP contribution < -0.4 is 5.32 Å². The van der Waals surface area contributed by atoms with E-state index >= 15 is 0 Å². The Labute approximate surface area is 120 Å². The van der Waals surface area contributed by atoms with Gasteiger partial charge in [-0.1, -0.05) is 13.8 Å². The molecule has 2 aromatic rings. The summed E-state index contributed by atoms with van der Waals surface area (Å²) in [5.41, 5.74) is 4.91. The van der Waals surface area contributed by atoms with Crippen molar-refractivity contribution in [3.05, 3.63) is 41.7 Å². The standard InChI is InChI=1S/C16H22N4/c1-12(2)18-10-13-9-14(7-8-17-13)20-11-19-15-5-3-4-6-16(15)20/h7-9,11-12,18H,3-6,10H2,1-2H3. The van der Waals surface area contributed by atoms with Gasteiger partial charge in [-0.15, -0.1) is 0 Å². The summed E-state index contributed by atoms with van der Waals surface area (Å²) in [5.74, 6) is 0. The molecule has 0 unspecified atom stereocenters. The van der Waals surface area contributed by atoms with Crippen molar-refractivity contribution in [2.24, 2.45) is 0 Å². The molecular weight excluding hydrogens is 248 g/mol. The maximum absolute atomic E-state index is 4.56. The number of imidazole rings is 1. The van der Waals surface area contributed by atoms with Gasteiger partial charge in [0.2, 0.25) is 0 Å². The molecule has 2 aromatic heterocycles. The minimum absolute atomic E-state index is 0.474. The molecule has 1 aliphatic carbocycles. The van der Waals surface area contributed by atoms with Gasteiger partial charge in [0.1, 0.15) is 0 Å². The minimum atomic E-state index is 0.474. The third-order valence-electron chi connectivity index (χ3n) is 3.80. The molecule has 1 aliphatic rings. The molecule has 106 valence electrons. The third-order valence-corrected chi connectivity index (χ3v) is 3.80. The molecule has 0 radical (unpaired) electrons. The van der Waals surface area contributed by atoms with Crippen LogP contribution in [0.1, 0.15) is 43.8 Å². The Balaban J connectivity index is 1.86. The second-order valence-electron chi connectivity index (χ2n) is 5.76. The Kier molecular flexibility index (Phi) is 3.83. The Morgan fingerprint density at radius 1 is 1.25 bits per heavy atom. The molecule has 0 spiro atoms. The Morgan fingerprint density at radius 3 is 2.95 bits per heavy atom. The van der Waals surface area contributed by atoms with Gasteiger partial charge in [-0.2, -0.15) is 0 Å². The SMILES string of the molecule is CC(C)NCc1cc(-n2cnc3c2CCCC3)ccn1. The van der Waals surface area contributed by atoms with Crippen LogP contribution in [0.25, 0.3) is 5.69 Å². The highest BCUT2D eigenvalue weighted by Crippen LogP contribution is 2.23. The van der Waals surface area contributed by atoms with Gasteiger partial charge in [0.05, 0.1) is 23.4 Å². The fourth-order valence-corrected chi connectivity index (χ4v) is 2.71. The molecule has 0 saturated carbocycles. The van der Waals surface area contributed by atoms with E-state index in [4.69, 9.17) is 0 Å². The number of nitrogens with zero attached hydrogens (tertiary/aromatic N) is 3. The van der Waals surface area contributed by atoms with Gasteiger partial charge in [-0.25, -0.2) is 4.98 Å². The molecule has 1 N–H and O–H groups in total. The highest BCUT2D eigenvalue weighted by atomic mass is 15.1. The van der Waals surface area contributed by atoms with Crippen molar-refractivity contribution < 1.29 is 0 Å². The van der Waals surface area contributed by atoms with Crippen molar-refractivity contribution in [2.45, 2.75) is 52.1 Å². The maximum atomic E-state index is 4.56. The summed E-state index contributed by atoms with van der Waals surface area (Å²) in [4.78, 5) is 9.00. The fraction of sp³-hybridized carbons (Fsp3) is 0.500. The second-order valence-corrected chi connectivity index (χ2v) is 5.76. The Bertz CT molecular complexity index is 586. The minimum Gasteiger partial charge on any atom is -0.309 e. The average molecular weight is 270 g/mol. The number of fused-ring (bicyclic) bond motifs is 1. The van der Waals surface area contributed by atoms with E-state index in [-0.39, 0.29) is 0 Å². The predicted octanol–water partition coefficient (Wildman–Crippen LogP) is 2.64. The lowest BCUT2D eigenvalue weighted by Gasteiger charge is -2.14. The van der Waals surface area contributed by atoms with Gasteiger partial charge in [0.25, 0.3) is 0 Å². The molecule has 0 amide bonds. The molecule has 4 heteroatoms. The van der Waals surface area contributed by atoms with Gasteiger partial charge in [-0.3, -0.25) is 4.98 Å². The first kappa shape index (κ1) is 13.3. The van der Waals surface area contributed by atoms with Crippen molar-refractivity contribution in [2.75, 3.05) is 0 Å². The van der Waals surface area contributed by atoms with E-state index in [0.717, 1.165) is 25.1 Å². The predicted molar refractivity (Wildman–Crippen MR) is 80.0 cm³/mol. The molecule has 0 saturated heterocycles. The molecule has 4 nitrogen and oxygen atoms in total. The van der Waals surface area contributed by atoms with Gasteiger partial charge < -0.3 is 9.88 Å². The summed E-state index contributed by atoms with van der Waals surface area (Å²) in [6, 6.07) is 4.70. The van der Waals surface area contributed by atoms with Crippen LogP contribution in [-0.4, -0.2) is 20.6 Å². The van der Waals surface area contributed by atoms with Crippen LogP contribution in [0.5, 0.6) is 0 Å². The summed E-state index contributed by atoms with van der Waals surface area (Å²) in [6.45, 7) is 5.11. The first-order chi connectivity index (χ1) is 9.74. The van der Waals surface area contributed by atoms with E-state index in [1.807, 2.05) is 12.5 Å². The normalized spacial score (nSPS) is 14.6. The average Bonchev–Trinajstić information content (AvgIpc) is 2.89. The van der Waals surface area contributed by atoms with Crippen molar-refractivity contribution in [3.63, 3.8) is 0 Å². The van der Waals surface area contributed by atoms with Crippen molar-refractivity contribution >= 4 is 0 Å². The topological polar surface area (TPSA) is 42.7 Å². The lowest BCUT2D eigenvalue weighted by atomic mass is 10.0. The lowest BCUT2D eigenvalue weighted by Crippen LogP contribution is -2.22. The summed E-state index contributed by atoms with van der Waals surface area (Å²) in [6.07, 6.45) is 8.65. The zero-order valence-corrected chi connectivity index (χ0v) is 12.3. The summed E-state index contributed by atoms with van der Waals surface area (Å²) in [7, 11) is 0. The molecule has 2 heterocycles. The Morgan fingerprint density at radius 2 is 2.10 bits per heavy atom. The van der Waals surface area contributed by atoms with E-state index < -0.39 is 0 Å². The molecule has 0 bridgehead atoms. The van der Waals surface area contributed by atoms with Gasteiger partial charge >= 0.3 is 0 Å². The number of hydrogen-bond donors (Lipinski definition) is 1. The van der Waals surface area contributed by atoms with Gasteiger partial charge in [0.15, 0.2) is 0 Å². The largest absolute Gasteiger partial charge is 0.309 e. The molecular formula is C16H22N4. The first-order valence-corrected chi connectivity index (χ1v) is 7.48. The number of rotatable bonds is 4. The number of aromatic nitrogens is 3. The molecule has 3 rings (SSSR count). The zero-order valence-electron chi connectivity index (χ0n) is 12.3. The van der Waals surface area contributed by atoms with Gasteiger partial charge in [-0.05, 0) is 37.8 Å².